The van der Waals surface area contributed by atoms with E-state index >= 15 is 0 Å². The van der Waals surface area contributed by atoms with Crippen LogP contribution in [0.3, 0.4) is 0 Å². The number of amides is 2. The Kier molecular flexibility index (Phi) is 4.52. The number of methoxy groups -OCH3 is 1. The molecule has 3 aromatic rings. The highest BCUT2D eigenvalue weighted by Gasteiger charge is 2.31. The van der Waals surface area contributed by atoms with Gasteiger partial charge in [-0.3, -0.25) is 0 Å². The molecule has 27 heavy (non-hydrogen) atoms. The average Bonchev–Trinajstić information content (AvgIpc) is 3.07. The second-order valence-electron chi connectivity index (χ2n) is 7.13. The maximum atomic E-state index is 12.9. The number of fused-ring (bicyclic) bond motifs is 3. The molecule has 2 amide bonds. The molecule has 0 bridgehead atoms. The number of ether oxygens (including phenoxy) is 1. The van der Waals surface area contributed by atoms with Gasteiger partial charge in [0.1, 0.15) is 5.75 Å². The van der Waals surface area contributed by atoms with Gasteiger partial charge in [0.25, 0.3) is 0 Å². The average molecular weight is 363 g/mol. The zero-order valence-corrected chi connectivity index (χ0v) is 16.0. The third-order valence-corrected chi connectivity index (χ3v) is 5.53. The van der Waals surface area contributed by atoms with Gasteiger partial charge in [0, 0.05) is 29.2 Å². The number of carbonyl (C=O) groups is 1. The van der Waals surface area contributed by atoms with Gasteiger partial charge in [0.05, 0.1) is 19.2 Å². The summed E-state index contributed by atoms with van der Waals surface area (Å²) in [5.41, 5.74) is 4.59. The van der Waals surface area contributed by atoms with Crippen LogP contribution in [-0.2, 0) is 6.42 Å². The van der Waals surface area contributed by atoms with Crippen LogP contribution in [0, 0.1) is 0 Å². The minimum absolute atomic E-state index is 0.00452. The number of nitrogens with zero attached hydrogens (tertiary/aromatic N) is 1. The molecule has 0 saturated carbocycles. The van der Waals surface area contributed by atoms with E-state index in [1.807, 2.05) is 54.3 Å². The standard InChI is InChI=1S/C22H25N3O2/c1-14(16-7-5-4-6-8-16)23-22(26)25-12-11-19-18-10-9-17(27-3)13-20(18)24-21(19)15(25)2/h4-10,13-15,24H,11-12H2,1-3H3,(H,23,26). The van der Waals surface area contributed by atoms with Crippen LogP contribution in [0.15, 0.2) is 48.5 Å². The molecular formula is C22H25N3O2. The highest BCUT2D eigenvalue weighted by atomic mass is 16.5. The van der Waals surface area contributed by atoms with Gasteiger partial charge in [-0.25, -0.2) is 4.79 Å². The van der Waals surface area contributed by atoms with Crippen LogP contribution in [0.5, 0.6) is 5.75 Å². The first-order valence-electron chi connectivity index (χ1n) is 9.39. The molecule has 4 rings (SSSR count). The van der Waals surface area contributed by atoms with Crippen molar-refractivity contribution in [1.82, 2.24) is 15.2 Å². The fraction of sp³-hybridized carbons (Fsp3) is 0.318. The van der Waals surface area contributed by atoms with Gasteiger partial charge in [-0.1, -0.05) is 30.3 Å². The van der Waals surface area contributed by atoms with E-state index < -0.39 is 0 Å². The summed E-state index contributed by atoms with van der Waals surface area (Å²) in [6, 6.07) is 16.1. The zero-order chi connectivity index (χ0) is 19.0. The number of urea groups is 1. The molecule has 1 aromatic heterocycles. The molecule has 140 valence electrons. The molecule has 1 aliphatic rings. The van der Waals surface area contributed by atoms with E-state index in [2.05, 4.69) is 23.3 Å². The predicted octanol–water partition coefficient (Wildman–Crippen LogP) is 4.57. The second kappa shape index (κ2) is 6.99. The van der Waals surface area contributed by atoms with Gasteiger partial charge in [-0.15, -0.1) is 0 Å². The molecule has 1 aliphatic heterocycles. The van der Waals surface area contributed by atoms with Crippen LogP contribution >= 0.6 is 0 Å². The fourth-order valence-electron chi connectivity index (χ4n) is 3.96. The maximum absolute atomic E-state index is 12.9. The third-order valence-electron chi connectivity index (χ3n) is 5.53. The lowest BCUT2D eigenvalue weighted by Gasteiger charge is -2.34. The minimum Gasteiger partial charge on any atom is -0.497 e. The Hall–Kier alpha value is -2.95. The summed E-state index contributed by atoms with van der Waals surface area (Å²) >= 11 is 0. The van der Waals surface area contributed by atoms with E-state index in [0.29, 0.717) is 6.54 Å². The van der Waals surface area contributed by atoms with Crippen LogP contribution in [0.25, 0.3) is 10.9 Å². The number of aromatic nitrogens is 1. The normalized spacial score (nSPS) is 17.4. The molecule has 2 atom stereocenters. The first-order chi connectivity index (χ1) is 13.1. The summed E-state index contributed by atoms with van der Waals surface area (Å²) in [7, 11) is 1.67. The lowest BCUT2D eigenvalue weighted by Crippen LogP contribution is -2.45. The Morgan fingerprint density at radius 2 is 2.04 bits per heavy atom. The topological polar surface area (TPSA) is 57.4 Å². The number of carbonyl (C=O) groups excluding carboxylic acids is 1. The van der Waals surface area contributed by atoms with Crippen molar-refractivity contribution >= 4 is 16.9 Å². The SMILES string of the molecule is COc1ccc2c3c([nH]c2c1)C(C)N(C(=O)NC(C)c1ccccc1)CC3. The molecule has 2 N–H and O–H groups in total. The van der Waals surface area contributed by atoms with Crippen LogP contribution in [0.2, 0.25) is 0 Å². The smallest absolute Gasteiger partial charge is 0.318 e. The van der Waals surface area contributed by atoms with E-state index in [-0.39, 0.29) is 18.1 Å². The van der Waals surface area contributed by atoms with Crippen molar-refractivity contribution in [2.24, 2.45) is 0 Å². The zero-order valence-electron chi connectivity index (χ0n) is 16.0. The first-order valence-corrected chi connectivity index (χ1v) is 9.39. The second-order valence-corrected chi connectivity index (χ2v) is 7.13. The van der Waals surface area contributed by atoms with Crippen LogP contribution < -0.4 is 10.1 Å². The van der Waals surface area contributed by atoms with E-state index in [1.54, 1.807) is 7.11 Å². The Morgan fingerprint density at radius 1 is 1.26 bits per heavy atom. The summed E-state index contributed by atoms with van der Waals surface area (Å²) < 4.78 is 5.33. The van der Waals surface area contributed by atoms with Crippen molar-refractivity contribution in [2.75, 3.05) is 13.7 Å². The number of benzene rings is 2. The Labute approximate surface area is 159 Å². The van der Waals surface area contributed by atoms with E-state index in [1.165, 1.54) is 10.9 Å². The highest BCUT2D eigenvalue weighted by Crippen LogP contribution is 2.35. The Balaban J connectivity index is 1.56. The molecule has 5 nitrogen and oxygen atoms in total. The molecule has 0 aliphatic carbocycles. The molecule has 0 fully saturated rings. The van der Waals surface area contributed by atoms with Crippen molar-refractivity contribution in [3.8, 4) is 5.75 Å². The number of H-pyrrole nitrogens is 1. The van der Waals surface area contributed by atoms with Gasteiger partial charge in [0.2, 0.25) is 0 Å². The summed E-state index contributed by atoms with van der Waals surface area (Å²) in [5, 5.41) is 4.35. The molecule has 5 heteroatoms. The van der Waals surface area contributed by atoms with Crippen molar-refractivity contribution in [3.05, 3.63) is 65.4 Å². The van der Waals surface area contributed by atoms with Gasteiger partial charge >= 0.3 is 6.03 Å². The molecule has 0 spiro atoms. The van der Waals surface area contributed by atoms with E-state index in [4.69, 9.17) is 4.74 Å². The minimum atomic E-state index is -0.0285. The molecule has 0 radical (unpaired) electrons. The van der Waals surface area contributed by atoms with Crippen LogP contribution in [-0.4, -0.2) is 29.6 Å². The molecular weight excluding hydrogens is 338 g/mol. The van der Waals surface area contributed by atoms with Crippen molar-refractivity contribution < 1.29 is 9.53 Å². The lowest BCUT2D eigenvalue weighted by atomic mass is 9.98. The highest BCUT2D eigenvalue weighted by molar-refractivity contribution is 5.87. The van der Waals surface area contributed by atoms with Gasteiger partial charge in [0.15, 0.2) is 0 Å². The van der Waals surface area contributed by atoms with Crippen molar-refractivity contribution in [2.45, 2.75) is 32.4 Å². The number of hydrogen-bond donors (Lipinski definition) is 2. The largest absolute Gasteiger partial charge is 0.497 e. The monoisotopic (exact) mass is 363 g/mol. The number of nitrogens with one attached hydrogen (secondary N) is 2. The van der Waals surface area contributed by atoms with E-state index in [9.17, 15) is 4.79 Å². The summed E-state index contributed by atoms with van der Waals surface area (Å²) in [6.07, 6.45) is 0.846. The Morgan fingerprint density at radius 3 is 2.78 bits per heavy atom. The Bertz CT molecular complexity index is 964. The molecule has 0 saturated heterocycles. The lowest BCUT2D eigenvalue weighted by molar-refractivity contribution is 0.170. The molecule has 2 heterocycles. The maximum Gasteiger partial charge on any atom is 0.318 e. The van der Waals surface area contributed by atoms with Crippen molar-refractivity contribution in [3.63, 3.8) is 0 Å². The summed E-state index contributed by atoms with van der Waals surface area (Å²) in [4.78, 5) is 18.3. The number of rotatable bonds is 3. The van der Waals surface area contributed by atoms with Gasteiger partial charge < -0.3 is 19.9 Å². The molecule has 2 aromatic carbocycles. The van der Waals surface area contributed by atoms with Crippen molar-refractivity contribution in [1.29, 1.82) is 0 Å². The van der Waals surface area contributed by atoms with Gasteiger partial charge in [-0.2, -0.15) is 0 Å². The quantitative estimate of drug-likeness (QED) is 0.716. The number of hydrogen-bond acceptors (Lipinski definition) is 2. The predicted molar refractivity (Wildman–Crippen MR) is 107 cm³/mol. The summed E-state index contributed by atoms with van der Waals surface area (Å²) in [6.45, 7) is 4.81. The van der Waals surface area contributed by atoms with Crippen LogP contribution in [0.4, 0.5) is 4.79 Å². The van der Waals surface area contributed by atoms with E-state index in [0.717, 1.165) is 28.9 Å². The molecule has 2 unspecified atom stereocenters. The summed E-state index contributed by atoms with van der Waals surface area (Å²) in [5.74, 6) is 0.833. The van der Waals surface area contributed by atoms with Crippen LogP contribution in [0.1, 0.15) is 42.8 Å². The fourth-order valence-corrected chi connectivity index (χ4v) is 3.96. The first kappa shape index (κ1) is 17.5. The number of aromatic amines is 1. The van der Waals surface area contributed by atoms with Gasteiger partial charge in [-0.05, 0) is 43.5 Å². The third kappa shape index (κ3) is 3.14.